The van der Waals surface area contributed by atoms with E-state index < -0.39 is 0 Å². The van der Waals surface area contributed by atoms with Gasteiger partial charge in [-0.25, -0.2) is 0 Å². The number of pyridine rings is 1. The van der Waals surface area contributed by atoms with E-state index in [1.165, 1.54) is 0 Å². The fraction of sp³-hybridized carbons (Fsp3) is 0.471. The third-order valence-corrected chi connectivity index (χ3v) is 4.52. The molecule has 2 amide bonds. The third kappa shape index (κ3) is 4.01. The van der Waals surface area contributed by atoms with Gasteiger partial charge in [0.15, 0.2) is 0 Å². The van der Waals surface area contributed by atoms with Gasteiger partial charge in [-0.1, -0.05) is 11.2 Å². The van der Waals surface area contributed by atoms with Crippen LogP contribution in [0.15, 0.2) is 28.9 Å². The molecule has 0 saturated carbocycles. The van der Waals surface area contributed by atoms with E-state index in [2.05, 4.69) is 15.1 Å². The number of piperidine rings is 1. The number of nitrogens with two attached hydrogens (primary N) is 1. The van der Waals surface area contributed by atoms with E-state index in [0.717, 1.165) is 12.8 Å². The molecule has 2 atom stereocenters. The largest absolute Gasteiger partial charge is 0.369 e. The topological polar surface area (TPSA) is 115 Å². The number of primary amides is 1. The van der Waals surface area contributed by atoms with E-state index in [1.54, 1.807) is 17.2 Å². The van der Waals surface area contributed by atoms with Crippen molar-refractivity contribution < 1.29 is 14.1 Å². The minimum atomic E-state index is -0.346. The summed E-state index contributed by atoms with van der Waals surface area (Å²) >= 11 is 0. The van der Waals surface area contributed by atoms with Crippen LogP contribution >= 0.6 is 0 Å². The van der Waals surface area contributed by atoms with Gasteiger partial charge in [-0.2, -0.15) is 4.98 Å². The number of hydrogen-bond acceptors (Lipinski definition) is 6. The number of aromatic nitrogens is 3. The normalized spacial score (nSPS) is 20.4. The zero-order valence-electron chi connectivity index (χ0n) is 14.1. The summed E-state index contributed by atoms with van der Waals surface area (Å²) in [5, 5.41) is 3.89. The van der Waals surface area contributed by atoms with Gasteiger partial charge < -0.3 is 15.2 Å². The van der Waals surface area contributed by atoms with Crippen LogP contribution in [0.3, 0.4) is 0 Å². The van der Waals surface area contributed by atoms with E-state index in [9.17, 15) is 9.59 Å². The van der Waals surface area contributed by atoms with E-state index in [4.69, 9.17) is 10.3 Å². The smallest absolute Gasteiger partial charge is 0.227 e. The zero-order chi connectivity index (χ0) is 17.8. The van der Waals surface area contributed by atoms with Crippen molar-refractivity contribution >= 4 is 11.8 Å². The number of hydrogen-bond donors (Lipinski definition) is 1. The average molecular weight is 343 g/mol. The molecule has 2 aromatic heterocycles. The maximum absolute atomic E-state index is 12.5. The van der Waals surface area contributed by atoms with Gasteiger partial charge in [0.05, 0.1) is 5.92 Å². The van der Waals surface area contributed by atoms with Crippen LogP contribution in [0.2, 0.25) is 0 Å². The molecule has 1 aliphatic heterocycles. The van der Waals surface area contributed by atoms with E-state index >= 15 is 0 Å². The highest BCUT2D eigenvalue weighted by Gasteiger charge is 2.31. The average Bonchev–Trinajstić information content (AvgIpc) is 3.09. The summed E-state index contributed by atoms with van der Waals surface area (Å²) in [6.45, 7) is 2.37. The Morgan fingerprint density at radius 2 is 2.20 bits per heavy atom. The molecule has 3 rings (SSSR count). The highest BCUT2D eigenvalue weighted by atomic mass is 16.5. The summed E-state index contributed by atoms with van der Waals surface area (Å²) < 4.78 is 5.20. The number of amides is 2. The lowest BCUT2D eigenvalue weighted by Gasteiger charge is -2.37. The molecule has 8 heteroatoms. The molecule has 132 valence electrons. The quantitative estimate of drug-likeness (QED) is 0.871. The van der Waals surface area contributed by atoms with Gasteiger partial charge in [-0.15, -0.1) is 0 Å². The number of likely N-dealkylation sites (tertiary alicyclic amines) is 1. The molecule has 25 heavy (non-hydrogen) atoms. The second-order valence-electron chi connectivity index (χ2n) is 6.30. The second kappa shape index (κ2) is 7.42. The molecule has 0 bridgehead atoms. The van der Waals surface area contributed by atoms with Gasteiger partial charge in [0.25, 0.3) is 0 Å². The first-order chi connectivity index (χ1) is 12.0. The van der Waals surface area contributed by atoms with Crippen molar-refractivity contribution in [3.8, 4) is 11.5 Å². The molecular weight excluding hydrogens is 322 g/mol. The molecule has 0 radical (unpaired) electrons. The lowest BCUT2D eigenvalue weighted by atomic mass is 9.92. The minimum Gasteiger partial charge on any atom is -0.369 e. The molecule has 8 nitrogen and oxygen atoms in total. The monoisotopic (exact) mass is 343 g/mol. The van der Waals surface area contributed by atoms with Crippen LogP contribution in [0.25, 0.3) is 11.5 Å². The highest BCUT2D eigenvalue weighted by molar-refractivity contribution is 5.80. The minimum absolute atomic E-state index is 0.0314. The Kier molecular flexibility index (Phi) is 5.06. The number of carbonyl (C=O) groups is 2. The Hall–Kier alpha value is -2.77. The van der Waals surface area contributed by atoms with Crippen LogP contribution in [0.4, 0.5) is 0 Å². The van der Waals surface area contributed by atoms with Crippen molar-refractivity contribution in [1.29, 1.82) is 0 Å². The number of rotatable bonds is 5. The SMILES string of the molecule is C[C@H]1CC[C@H](C(N)=O)CN1C(=O)CCc1nc(-c2ccccn2)no1. The van der Waals surface area contributed by atoms with Crippen molar-refractivity contribution in [2.75, 3.05) is 6.54 Å². The van der Waals surface area contributed by atoms with Crippen LogP contribution in [0.1, 0.15) is 32.1 Å². The zero-order valence-corrected chi connectivity index (χ0v) is 14.1. The first-order valence-electron chi connectivity index (χ1n) is 8.37. The first kappa shape index (κ1) is 17.1. The first-order valence-corrected chi connectivity index (χ1v) is 8.37. The Bertz CT molecular complexity index is 746. The molecular formula is C17H21N5O3. The van der Waals surface area contributed by atoms with Crippen molar-refractivity contribution in [2.24, 2.45) is 11.7 Å². The van der Waals surface area contributed by atoms with Gasteiger partial charge in [0.2, 0.25) is 23.5 Å². The van der Waals surface area contributed by atoms with Gasteiger partial charge in [0.1, 0.15) is 5.69 Å². The van der Waals surface area contributed by atoms with Gasteiger partial charge in [0, 0.05) is 31.6 Å². The summed E-state index contributed by atoms with van der Waals surface area (Å²) in [6, 6.07) is 5.55. The number of aryl methyl sites for hydroxylation is 1. The lowest BCUT2D eigenvalue weighted by molar-refractivity contribution is -0.137. The molecule has 1 saturated heterocycles. The molecule has 0 unspecified atom stereocenters. The van der Waals surface area contributed by atoms with Crippen molar-refractivity contribution in [2.45, 2.75) is 38.6 Å². The Morgan fingerprint density at radius 1 is 1.36 bits per heavy atom. The van der Waals surface area contributed by atoms with Crippen LogP contribution in [0, 0.1) is 5.92 Å². The molecule has 2 aromatic rings. The van der Waals surface area contributed by atoms with Crippen molar-refractivity contribution in [3.63, 3.8) is 0 Å². The predicted octanol–water partition coefficient (Wildman–Crippen LogP) is 1.18. The predicted molar refractivity (Wildman–Crippen MR) is 88.9 cm³/mol. The van der Waals surface area contributed by atoms with Gasteiger partial charge >= 0.3 is 0 Å². The van der Waals surface area contributed by atoms with Crippen LogP contribution in [0.5, 0.6) is 0 Å². The molecule has 1 aliphatic rings. The fourth-order valence-electron chi connectivity index (χ4n) is 3.00. The maximum Gasteiger partial charge on any atom is 0.227 e. The van der Waals surface area contributed by atoms with Crippen LogP contribution in [-0.2, 0) is 16.0 Å². The Morgan fingerprint density at radius 3 is 2.92 bits per heavy atom. The molecule has 3 heterocycles. The Labute approximate surface area is 145 Å². The summed E-state index contributed by atoms with van der Waals surface area (Å²) in [5.74, 6) is 0.158. The summed E-state index contributed by atoms with van der Waals surface area (Å²) in [6.07, 6.45) is 3.77. The molecule has 0 aliphatic carbocycles. The maximum atomic E-state index is 12.5. The van der Waals surface area contributed by atoms with Crippen LogP contribution in [-0.4, -0.2) is 44.4 Å². The lowest BCUT2D eigenvalue weighted by Crippen LogP contribution is -2.48. The molecule has 2 N–H and O–H groups in total. The molecule has 1 fully saturated rings. The Balaban J connectivity index is 1.59. The van der Waals surface area contributed by atoms with Crippen LogP contribution < -0.4 is 5.73 Å². The summed E-state index contributed by atoms with van der Waals surface area (Å²) in [5.41, 5.74) is 6.00. The number of nitrogens with zero attached hydrogens (tertiary/aromatic N) is 4. The summed E-state index contributed by atoms with van der Waals surface area (Å²) in [7, 11) is 0. The standard InChI is InChI=1S/C17H21N5O3/c1-11-5-6-12(16(18)24)10-22(11)15(23)8-7-14-20-17(21-25-14)13-4-2-3-9-19-13/h2-4,9,11-12H,5-8,10H2,1H3,(H2,18,24)/t11-,12-/m0/s1. The van der Waals surface area contributed by atoms with Crippen molar-refractivity contribution in [1.82, 2.24) is 20.0 Å². The van der Waals surface area contributed by atoms with Gasteiger partial charge in [-0.3, -0.25) is 14.6 Å². The highest BCUT2D eigenvalue weighted by Crippen LogP contribution is 2.23. The van der Waals surface area contributed by atoms with Gasteiger partial charge in [-0.05, 0) is 31.9 Å². The van der Waals surface area contributed by atoms with E-state index in [0.29, 0.717) is 30.4 Å². The second-order valence-corrected chi connectivity index (χ2v) is 6.30. The third-order valence-electron chi connectivity index (χ3n) is 4.52. The van der Waals surface area contributed by atoms with E-state index in [1.807, 2.05) is 19.1 Å². The number of carbonyl (C=O) groups excluding carboxylic acids is 2. The fourth-order valence-corrected chi connectivity index (χ4v) is 3.00. The summed E-state index contributed by atoms with van der Waals surface area (Å²) in [4.78, 5) is 34.1. The van der Waals surface area contributed by atoms with E-state index in [-0.39, 0.29) is 30.2 Å². The molecule has 0 aromatic carbocycles. The molecule has 0 spiro atoms. The van der Waals surface area contributed by atoms with Crippen molar-refractivity contribution in [3.05, 3.63) is 30.3 Å².